The third-order valence-electron chi connectivity index (χ3n) is 3.42. The van der Waals surface area contributed by atoms with E-state index in [-0.39, 0.29) is 11.8 Å². The van der Waals surface area contributed by atoms with Crippen LogP contribution >= 0.6 is 11.3 Å². The lowest BCUT2D eigenvalue weighted by molar-refractivity contribution is -0.122. The molecule has 0 spiro atoms. The summed E-state index contributed by atoms with van der Waals surface area (Å²) in [4.78, 5) is 24.1. The molecule has 5 nitrogen and oxygen atoms in total. The molecular formula is C16H16N2O3S. The third-order valence-corrected chi connectivity index (χ3v) is 4.29. The van der Waals surface area contributed by atoms with E-state index in [9.17, 15) is 9.59 Å². The fraction of sp³-hybridized carbons (Fsp3) is 0.250. The number of rotatable bonds is 4. The Labute approximate surface area is 132 Å². The van der Waals surface area contributed by atoms with Gasteiger partial charge in [0, 0.05) is 6.54 Å². The highest BCUT2D eigenvalue weighted by Crippen LogP contribution is 2.30. The van der Waals surface area contributed by atoms with E-state index in [1.54, 1.807) is 13.0 Å². The topological polar surface area (TPSA) is 67.4 Å². The van der Waals surface area contributed by atoms with E-state index >= 15 is 0 Å². The Morgan fingerprint density at radius 3 is 3.05 bits per heavy atom. The number of thiophene rings is 1. The van der Waals surface area contributed by atoms with Gasteiger partial charge in [-0.15, -0.1) is 11.3 Å². The lowest BCUT2D eigenvalue weighted by Gasteiger charge is -2.23. The van der Waals surface area contributed by atoms with Crippen molar-refractivity contribution in [3.8, 4) is 5.75 Å². The van der Waals surface area contributed by atoms with Crippen molar-refractivity contribution < 1.29 is 14.3 Å². The van der Waals surface area contributed by atoms with Crippen LogP contribution in [0.15, 0.2) is 35.7 Å². The molecule has 6 heteroatoms. The minimum atomic E-state index is -0.469. The number of nitrogens with one attached hydrogen (secondary N) is 2. The minimum absolute atomic E-state index is 0.0570. The summed E-state index contributed by atoms with van der Waals surface area (Å²) in [6.45, 7) is 2.26. The first-order chi connectivity index (χ1) is 10.6. The number of benzene rings is 1. The van der Waals surface area contributed by atoms with Gasteiger partial charge in [-0.25, -0.2) is 0 Å². The smallest absolute Gasteiger partial charge is 0.265 e. The Balaban J connectivity index is 1.59. The summed E-state index contributed by atoms with van der Waals surface area (Å²) in [5, 5.41) is 7.58. The highest BCUT2D eigenvalue weighted by atomic mass is 32.1. The average Bonchev–Trinajstić information content (AvgIpc) is 3.03. The van der Waals surface area contributed by atoms with Crippen molar-refractivity contribution in [2.45, 2.75) is 19.4 Å². The van der Waals surface area contributed by atoms with E-state index in [1.807, 2.05) is 29.6 Å². The van der Waals surface area contributed by atoms with Gasteiger partial charge in [0.1, 0.15) is 5.75 Å². The van der Waals surface area contributed by atoms with Gasteiger partial charge in [-0.2, -0.15) is 0 Å². The third kappa shape index (κ3) is 3.12. The van der Waals surface area contributed by atoms with Crippen LogP contribution in [0.5, 0.6) is 5.75 Å². The number of ether oxygens (including phenoxy) is 1. The summed E-state index contributed by atoms with van der Waals surface area (Å²) >= 11 is 1.42. The molecule has 2 aromatic rings. The first-order valence-corrected chi connectivity index (χ1v) is 7.93. The van der Waals surface area contributed by atoms with Gasteiger partial charge in [0.25, 0.3) is 11.8 Å². The van der Waals surface area contributed by atoms with E-state index in [1.165, 1.54) is 11.3 Å². The van der Waals surface area contributed by atoms with E-state index in [4.69, 9.17) is 4.74 Å². The molecule has 114 valence electrons. The lowest BCUT2D eigenvalue weighted by Crippen LogP contribution is -2.34. The van der Waals surface area contributed by atoms with Gasteiger partial charge in [0.15, 0.2) is 6.10 Å². The van der Waals surface area contributed by atoms with Gasteiger partial charge in [-0.3, -0.25) is 9.59 Å². The zero-order valence-corrected chi connectivity index (χ0v) is 12.9. The average molecular weight is 316 g/mol. The molecule has 1 aliphatic heterocycles. The summed E-state index contributed by atoms with van der Waals surface area (Å²) in [6, 6.07) is 9.33. The standard InChI is InChI=1S/C16H16N2O3S/c1-10-15(19)18-12-9-11(4-5-13(12)21-10)6-7-17-16(20)14-3-2-8-22-14/h2-5,8-10H,6-7H2,1H3,(H,17,20)(H,18,19). The number of hydrogen-bond acceptors (Lipinski definition) is 4. The number of carbonyl (C=O) groups is 2. The summed E-state index contributed by atoms with van der Waals surface area (Å²) in [5.74, 6) is 0.479. The highest BCUT2D eigenvalue weighted by molar-refractivity contribution is 7.12. The van der Waals surface area contributed by atoms with Crippen LogP contribution < -0.4 is 15.4 Å². The fourth-order valence-corrected chi connectivity index (χ4v) is 2.87. The first-order valence-electron chi connectivity index (χ1n) is 7.05. The van der Waals surface area contributed by atoms with E-state index in [0.717, 1.165) is 5.56 Å². The molecule has 0 saturated heterocycles. The Bertz CT molecular complexity index is 697. The minimum Gasteiger partial charge on any atom is -0.479 e. The van der Waals surface area contributed by atoms with Gasteiger partial charge in [-0.1, -0.05) is 12.1 Å². The Kier molecular flexibility index (Phi) is 4.11. The zero-order valence-electron chi connectivity index (χ0n) is 12.1. The van der Waals surface area contributed by atoms with Crippen LogP contribution in [-0.2, 0) is 11.2 Å². The second-order valence-corrected chi connectivity index (χ2v) is 6.01. The largest absolute Gasteiger partial charge is 0.479 e. The maximum atomic E-state index is 11.8. The van der Waals surface area contributed by atoms with Crippen molar-refractivity contribution in [2.75, 3.05) is 11.9 Å². The van der Waals surface area contributed by atoms with Gasteiger partial charge < -0.3 is 15.4 Å². The SMILES string of the molecule is CC1Oc2ccc(CCNC(=O)c3cccs3)cc2NC1=O. The predicted octanol–water partition coefficient (Wildman–Crippen LogP) is 2.44. The van der Waals surface area contributed by atoms with E-state index in [0.29, 0.717) is 29.3 Å². The predicted molar refractivity (Wildman–Crippen MR) is 85.5 cm³/mol. The Hall–Kier alpha value is -2.34. The van der Waals surface area contributed by atoms with Gasteiger partial charge in [0.05, 0.1) is 10.6 Å². The van der Waals surface area contributed by atoms with Crippen molar-refractivity contribution >= 4 is 28.8 Å². The molecule has 22 heavy (non-hydrogen) atoms. The number of carbonyl (C=O) groups excluding carboxylic acids is 2. The Morgan fingerprint density at radius 1 is 1.41 bits per heavy atom. The maximum Gasteiger partial charge on any atom is 0.265 e. The quantitative estimate of drug-likeness (QED) is 0.910. The molecule has 2 N–H and O–H groups in total. The van der Waals surface area contributed by atoms with Crippen molar-refractivity contribution in [1.29, 1.82) is 0 Å². The normalized spacial score (nSPS) is 16.4. The maximum absolute atomic E-state index is 11.8. The van der Waals surface area contributed by atoms with Crippen molar-refractivity contribution in [3.63, 3.8) is 0 Å². The van der Waals surface area contributed by atoms with Crippen LogP contribution in [0.4, 0.5) is 5.69 Å². The number of amides is 2. The molecule has 0 saturated carbocycles. The molecule has 2 heterocycles. The lowest BCUT2D eigenvalue weighted by atomic mass is 10.1. The summed E-state index contributed by atoms with van der Waals surface area (Å²) < 4.78 is 5.51. The molecule has 1 aromatic carbocycles. The molecule has 0 aliphatic carbocycles. The van der Waals surface area contributed by atoms with Crippen molar-refractivity contribution in [3.05, 3.63) is 46.2 Å². The van der Waals surface area contributed by atoms with Crippen LogP contribution in [0.3, 0.4) is 0 Å². The summed E-state index contributed by atoms with van der Waals surface area (Å²) in [5.41, 5.74) is 1.72. The van der Waals surface area contributed by atoms with Crippen molar-refractivity contribution in [2.24, 2.45) is 0 Å². The zero-order chi connectivity index (χ0) is 15.5. The van der Waals surface area contributed by atoms with Crippen LogP contribution in [0.1, 0.15) is 22.2 Å². The molecule has 0 fully saturated rings. The molecule has 2 amide bonds. The van der Waals surface area contributed by atoms with Crippen LogP contribution in [0.25, 0.3) is 0 Å². The number of fused-ring (bicyclic) bond motifs is 1. The summed E-state index contributed by atoms with van der Waals surface area (Å²) in [6.07, 6.45) is 0.221. The van der Waals surface area contributed by atoms with Gasteiger partial charge in [-0.05, 0) is 42.5 Å². The molecular weight excluding hydrogens is 300 g/mol. The van der Waals surface area contributed by atoms with Crippen LogP contribution in [0.2, 0.25) is 0 Å². The van der Waals surface area contributed by atoms with E-state index in [2.05, 4.69) is 10.6 Å². The number of anilines is 1. The van der Waals surface area contributed by atoms with Gasteiger partial charge in [0.2, 0.25) is 0 Å². The van der Waals surface area contributed by atoms with E-state index < -0.39 is 6.10 Å². The highest BCUT2D eigenvalue weighted by Gasteiger charge is 2.23. The Morgan fingerprint density at radius 2 is 2.27 bits per heavy atom. The van der Waals surface area contributed by atoms with Crippen LogP contribution in [0, 0.1) is 0 Å². The molecule has 0 bridgehead atoms. The molecule has 1 atom stereocenters. The molecule has 3 rings (SSSR count). The molecule has 1 aromatic heterocycles. The summed E-state index contributed by atoms with van der Waals surface area (Å²) in [7, 11) is 0. The second-order valence-electron chi connectivity index (χ2n) is 5.06. The fourth-order valence-electron chi connectivity index (χ4n) is 2.23. The second kappa shape index (κ2) is 6.19. The van der Waals surface area contributed by atoms with Crippen LogP contribution in [-0.4, -0.2) is 24.5 Å². The van der Waals surface area contributed by atoms with Crippen molar-refractivity contribution in [1.82, 2.24) is 5.32 Å². The van der Waals surface area contributed by atoms with Gasteiger partial charge >= 0.3 is 0 Å². The number of hydrogen-bond donors (Lipinski definition) is 2. The molecule has 1 aliphatic rings. The molecule has 0 radical (unpaired) electrons. The first kappa shape index (κ1) is 14.6. The molecule has 1 unspecified atom stereocenters. The monoisotopic (exact) mass is 316 g/mol.